The van der Waals surface area contributed by atoms with Crippen LogP contribution in [0.5, 0.6) is 11.5 Å². The van der Waals surface area contributed by atoms with E-state index in [1.54, 1.807) is 0 Å². The summed E-state index contributed by atoms with van der Waals surface area (Å²) in [4.78, 5) is 4.25. The number of rotatable bonds is 7. The average molecular weight is 646 g/mol. The Morgan fingerprint density at radius 1 is 0.951 bits per heavy atom. The summed E-state index contributed by atoms with van der Waals surface area (Å²) < 4.78 is 103. The van der Waals surface area contributed by atoms with Crippen LogP contribution in [-0.4, -0.2) is 48.1 Å². The van der Waals surface area contributed by atoms with Gasteiger partial charge in [0.15, 0.2) is 11.6 Å². The molecule has 20 heteroatoms. The van der Waals surface area contributed by atoms with Crippen LogP contribution in [0, 0.1) is 12.0 Å². The first-order valence-electron chi connectivity index (χ1n) is 10.2. The smallest absolute Gasteiger partial charge is 0.744 e. The molecule has 0 amide bonds. The quantitative estimate of drug-likeness (QED) is 0.0758. The van der Waals surface area contributed by atoms with Crippen molar-refractivity contribution in [1.29, 1.82) is 0 Å². The van der Waals surface area contributed by atoms with E-state index in [1.165, 1.54) is 31.4 Å². The number of methoxy groups -OCH3 is 1. The fourth-order valence-corrected chi connectivity index (χ4v) is 4.74. The molecule has 4 rings (SSSR count). The zero-order valence-corrected chi connectivity index (χ0v) is 27.5. The third kappa shape index (κ3) is 7.88. The number of anilines is 2. The monoisotopic (exact) mass is 645 g/mol. The second kappa shape index (κ2) is 13.5. The first kappa shape index (κ1) is 35.2. The summed E-state index contributed by atoms with van der Waals surface area (Å²) in [6.07, 6.45) is -1.42. The molecule has 13 nitrogen and oxygen atoms in total. The summed E-state index contributed by atoms with van der Waals surface area (Å²) in [7, 11) is -9.19. The van der Waals surface area contributed by atoms with Crippen molar-refractivity contribution >= 4 is 65.5 Å². The van der Waals surface area contributed by atoms with Gasteiger partial charge in [0.05, 0.1) is 16.9 Å². The van der Waals surface area contributed by atoms with Crippen molar-refractivity contribution in [2.75, 3.05) is 12.4 Å². The molecule has 0 saturated heterocycles. The van der Waals surface area contributed by atoms with Crippen molar-refractivity contribution in [1.82, 2.24) is 9.97 Å². The van der Waals surface area contributed by atoms with Crippen LogP contribution in [0.4, 0.5) is 31.7 Å². The van der Waals surface area contributed by atoms with Crippen molar-refractivity contribution in [3.63, 3.8) is 0 Å². The van der Waals surface area contributed by atoms with Gasteiger partial charge >= 0.3 is 65.2 Å². The van der Waals surface area contributed by atoms with Gasteiger partial charge in [-0.15, -0.1) is 10.2 Å². The summed E-state index contributed by atoms with van der Waals surface area (Å²) >= 11 is 5.73. The number of phenolic OH excluding ortho intramolecular Hbond substituents is 1. The van der Waals surface area contributed by atoms with Gasteiger partial charge < -0.3 is 24.3 Å². The maximum atomic E-state index is 13.6. The standard InChI is InChI=1S/C21H14ClF2N5O8S2.2Na/c1-37-11-3-5-13(14(8-11)38(31,32)33)28-29-17-15(39(34,35)36)7-9-6-10(2-4-12(9)18(17)30)25-20-16(22)19(23)26-21(24)27-20;;/h2-8,30H,1H3,(H,25,26,27)(H,31,32,33)(H,34,35,36);;/q;2*+1/p-2/b29-28+;;. The molecule has 0 unspecified atom stereocenters. The van der Waals surface area contributed by atoms with E-state index in [0.29, 0.717) is 0 Å². The molecule has 3 aromatic carbocycles. The Morgan fingerprint density at radius 2 is 1.61 bits per heavy atom. The third-order valence-electron chi connectivity index (χ3n) is 5.06. The second-order valence-corrected chi connectivity index (χ2v) is 10.6. The van der Waals surface area contributed by atoms with Gasteiger partial charge in [0, 0.05) is 11.1 Å². The number of hydrogen-bond donors (Lipinski definition) is 2. The molecule has 0 saturated carbocycles. The van der Waals surface area contributed by atoms with E-state index in [-0.39, 0.29) is 81.3 Å². The minimum atomic E-state index is -5.32. The molecule has 0 bridgehead atoms. The molecule has 41 heavy (non-hydrogen) atoms. The number of ether oxygens (including phenoxy) is 1. The summed E-state index contributed by atoms with van der Waals surface area (Å²) in [5, 5.41) is 19.7. The average Bonchev–Trinajstić information content (AvgIpc) is 2.85. The molecule has 0 aliphatic rings. The maximum Gasteiger partial charge on any atom is 1.00 e. The number of nitrogens with zero attached hydrogens (tertiary/aromatic N) is 4. The summed E-state index contributed by atoms with van der Waals surface area (Å²) in [5.41, 5.74) is -1.31. The van der Waals surface area contributed by atoms with Crippen LogP contribution < -0.4 is 69.2 Å². The van der Waals surface area contributed by atoms with E-state index in [1.807, 2.05) is 0 Å². The Kier molecular flexibility index (Phi) is 11.6. The summed E-state index contributed by atoms with van der Waals surface area (Å²) in [6, 6.07) is 7.69. The number of hydrogen-bond acceptors (Lipinski definition) is 13. The Hall–Kier alpha value is -2.03. The van der Waals surface area contributed by atoms with Gasteiger partial charge in [-0.3, -0.25) is 0 Å². The first-order chi connectivity index (χ1) is 18.2. The van der Waals surface area contributed by atoms with E-state index in [4.69, 9.17) is 16.3 Å². The summed E-state index contributed by atoms with van der Waals surface area (Å²) in [6.45, 7) is 0. The predicted molar refractivity (Wildman–Crippen MR) is 129 cm³/mol. The maximum absolute atomic E-state index is 13.6. The van der Waals surface area contributed by atoms with E-state index < -0.39 is 70.0 Å². The van der Waals surface area contributed by atoms with Gasteiger partial charge in [-0.05, 0) is 47.9 Å². The van der Waals surface area contributed by atoms with Crippen LogP contribution in [0.2, 0.25) is 5.02 Å². The number of fused-ring (bicyclic) bond motifs is 1. The van der Waals surface area contributed by atoms with Crippen LogP contribution in [0.15, 0.2) is 62.5 Å². The van der Waals surface area contributed by atoms with Gasteiger partial charge in [0.1, 0.15) is 42.4 Å². The molecule has 0 radical (unpaired) electrons. The Labute approximate surface area is 280 Å². The van der Waals surface area contributed by atoms with Gasteiger partial charge in [0.25, 0.3) is 0 Å². The van der Waals surface area contributed by atoms with Gasteiger partial charge in [-0.2, -0.15) is 18.7 Å². The second-order valence-electron chi connectivity index (χ2n) is 7.52. The zero-order chi connectivity index (χ0) is 28.7. The molecule has 0 aliphatic heterocycles. The molecule has 0 aliphatic carbocycles. The van der Waals surface area contributed by atoms with Crippen molar-refractivity contribution in [3.05, 3.63) is 59.5 Å². The van der Waals surface area contributed by atoms with Crippen molar-refractivity contribution in [3.8, 4) is 11.5 Å². The number of halogens is 3. The molecular weight excluding hydrogens is 634 g/mol. The molecule has 1 heterocycles. The van der Waals surface area contributed by atoms with Gasteiger partial charge in [0.2, 0.25) is 5.95 Å². The van der Waals surface area contributed by atoms with Crippen molar-refractivity contribution < 1.29 is 104 Å². The third-order valence-corrected chi connectivity index (χ3v) is 7.11. The fourth-order valence-electron chi connectivity index (χ4n) is 3.34. The van der Waals surface area contributed by atoms with Crippen molar-refractivity contribution in [2.45, 2.75) is 9.79 Å². The molecule has 2 N–H and O–H groups in total. The van der Waals surface area contributed by atoms with Crippen LogP contribution in [-0.2, 0) is 20.2 Å². The molecule has 0 atom stereocenters. The molecular formula is C21H12ClF2N5Na2O8S2. The van der Waals surface area contributed by atoms with E-state index in [0.717, 1.165) is 18.2 Å². The normalized spacial score (nSPS) is 11.7. The number of benzene rings is 3. The topological polar surface area (TPSA) is 206 Å². The molecule has 1 aromatic heterocycles. The number of aromatic nitrogens is 2. The minimum Gasteiger partial charge on any atom is -0.744 e. The van der Waals surface area contributed by atoms with Gasteiger partial charge in [-0.25, -0.2) is 16.8 Å². The largest absolute Gasteiger partial charge is 1.00 e. The Bertz CT molecular complexity index is 1900. The molecule has 0 fully saturated rings. The fraction of sp³-hybridized carbons (Fsp3) is 0.0476. The van der Waals surface area contributed by atoms with Gasteiger partial charge in [-0.1, -0.05) is 11.6 Å². The Morgan fingerprint density at radius 3 is 2.22 bits per heavy atom. The number of nitrogens with one attached hydrogen (secondary N) is 1. The summed E-state index contributed by atoms with van der Waals surface area (Å²) in [5.74, 6) is -2.65. The zero-order valence-electron chi connectivity index (χ0n) is 21.1. The molecule has 204 valence electrons. The number of azo groups is 1. The number of aromatic hydroxyl groups is 1. The Balaban J connectivity index is 0.00000294. The van der Waals surface area contributed by atoms with Crippen molar-refractivity contribution in [2.24, 2.45) is 10.2 Å². The molecule has 4 aromatic rings. The minimum absolute atomic E-state index is 0. The van der Waals surface area contributed by atoms with E-state index in [2.05, 4.69) is 25.5 Å². The van der Waals surface area contributed by atoms with Crippen LogP contribution in [0.25, 0.3) is 10.8 Å². The van der Waals surface area contributed by atoms with Crippen LogP contribution >= 0.6 is 11.6 Å². The van der Waals surface area contributed by atoms with E-state index >= 15 is 0 Å². The predicted octanol–water partition coefficient (Wildman–Crippen LogP) is -1.75. The molecule has 0 spiro atoms. The van der Waals surface area contributed by atoms with E-state index in [9.17, 15) is 39.8 Å². The van der Waals surface area contributed by atoms with Crippen LogP contribution in [0.1, 0.15) is 0 Å². The SMILES string of the molecule is COc1ccc(/N=N/c2c(S(=O)(=O)[O-])cc3cc(Nc4nc(F)nc(F)c4Cl)ccc3c2O)c(S(=O)(=O)[O-])c1.[Na+].[Na+]. The number of phenols is 1. The van der Waals surface area contributed by atoms with Crippen LogP contribution in [0.3, 0.4) is 0 Å². The first-order valence-corrected chi connectivity index (χ1v) is 13.4.